The first-order chi connectivity index (χ1) is 28.0. The number of aromatic nitrogens is 4. The summed E-state index contributed by atoms with van der Waals surface area (Å²) in [5, 5.41) is 7.34. The molecule has 17 heteroatoms. The summed E-state index contributed by atoms with van der Waals surface area (Å²) >= 11 is 0. The van der Waals surface area contributed by atoms with E-state index in [1.807, 2.05) is 55.5 Å². The molecule has 0 N–H and O–H groups in total. The quantitative estimate of drug-likeness (QED) is 0.144. The highest BCUT2D eigenvalue weighted by Gasteiger charge is 2.54. The van der Waals surface area contributed by atoms with E-state index in [-0.39, 0.29) is 49.2 Å². The van der Waals surface area contributed by atoms with Gasteiger partial charge in [0.1, 0.15) is 17.1 Å². The van der Waals surface area contributed by atoms with Crippen molar-refractivity contribution in [3.8, 4) is 5.88 Å². The van der Waals surface area contributed by atoms with Gasteiger partial charge in [0.15, 0.2) is 11.2 Å². The van der Waals surface area contributed by atoms with Crippen LogP contribution < -0.4 is 4.74 Å². The van der Waals surface area contributed by atoms with E-state index in [2.05, 4.69) is 15.2 Å². The number of fused-ring (bicyclic) bond motifs is 2. The molecule has 1 spiro atoms. The topological polar surface area (TPSA) is 146 Å². The predicted molar refractivity (Wildman–Crippen MR) is 214 cm³/mol. The first-order valence-electron chi connectivity index (χ1n) is 19.3. The Morgan fingerprint density at radius 3 is 2.30 bits per heavy atom. The van der Waals surface area contributed by atoms with Gasteiger partial charge in [-0.15, -0.1) is 10.2 Å². The Labute approximate surface area is 346 Å². The van der Waals surface area contributed by atoms with E-state index in [9.17, 15) is 31.2 Å². The molecule has 7 rings (SSSR count). The molecule has 1 unspecified atom stereocenters. The van der Waals surface area contributed by atoms with Crippen LogP contribution in [0, 0.1) is 26.2 Å². The maximum Gasteiger partial charge on any atom is 0.452 e. The molecule has 13 nitrogen and oxygen atoms in total. The second-order valence-electron chi connectivity index (χ2n) is 17.2. The van der Waals surface area contributed by atoms with E-state index in [1.54, 1.807) is 48.5 Å². The van der Waals surface area contributed by atoms with Gasteiger partial charge in [-0.1, -0.05) is 48.5 Å². The standard InChI is InChI=1S/C43H47F3N6O7S/c1-26-18-33-36(47-20-26)58-42(23-50(24-42)39(54)59-40(4,5)6)25-51(60(33,55)56)21-31-19-30(15-14-27(31)2)34(41(7,8)38(53)57-22-29-12-10-9-11-13-29)32-16-17-52-35(28(32)3)48-49-37(52)43(44,45)46/h9-20,34H,21-25H2,1-8H3. The van der Waals surface area contributed by atoms with E-state index >= 15 is 0 Å². The molecule has 60 heavy (non-hydrogen) atoms. The minimum Gasteiger partial charge on any atom is -0.465 e. The molecule has 5 heterocycles. The number of rotatable bonds is 8. The van der Waals surface area contributed by atoms with Crippen molar-refractivity contribution >= 4 is 27.7 Å². The van der Waals surface area contributed by atoms with E-state index in [4.69, 9.17) is 14.2 Å². The molecule has 1 fully saturated rings. The number of likely N-dealkylation sites (tertiary alicyclic amines) is 1. The number of nitrogens with zero attached hydrogens (tertiary/aromatic N) is 6. The van der Waals surface area contributed by atoms with Gasteiger partial charge in [-0.3, -0.25) is 14.1 Å². The Bertz CT molecular complexity index is 2580. The number of halogens is 3. The fraction of sp³-hybridized carbons (Fsp3) is 0.419. The minimum atomic E-state index is -4.76. The van der Waals surface area contributed by atoms with E-state index in [1.165, 1.54) is 33.7 Å². The molecule has 2 aliphatic heterocycles. The van der Waals surface area contributed by atoms with Gasteiger partial charge in [0, 0.05) is 24.9 Å². The summed E-state index contributed by atoms with van der Waals surface area (Å²) in [4.78, 5) is 32.9. The van der Waals surface area contributed by atoms with Crippen molar-refractivity contribution in [2.24, 2.45) is 5.41 Å². The number of carbonyl (C=O) groups is 2. The highest BCUT2D eigenvalue weighted by Crippen LogP contribution is 2.45. The van der Waals surface area contributed by atoms with Crippen LogP contribution in [0.4, 0.5) is 18.0 Å². The zero-order valence-electron chi connectivity index (χ0n) is 34.6. The third kappa shape index (κ3) is 8.16. The molecule has 1 atom stereocenters. The van der Waals surface area contributed by atoms with Crippen molar-refractivity contribution in [3.05, 3.63) is 118 Å². The smallest absolute Gasteiger partial charge is 0.452 e. The molecule has 0 bridgehead atoms. The maximum atomic E-state index is 14.6. The lowest BCUT2D eigenvalue weighted by molar-refractivity contribution is -0.156. The van der Waals surface area contributed by atoms with Gasteiger partial charge in [-0.05, 0) is 106 Å². The molecule has 1 saturated heterocycles. The van der Waals surface area contributed by atoms with E-state index in [0.29, 0.717) is 27.8 Å². The molecular formula is C43H47F3N6O7S. The number of carbonyl (C=O) groups excluding carboxylic acids is 2. The number of hydrogen-bond donors (Lipinski definition) is 0. The van der Waals surface area contributed by atoms with Crippen molar-refractivity contribution in [3.63, 3.8) is 0 Å². The van der Waals surface area contributed by atoms with Crippen LogP contribution in [-0.2, 0) is 43.6 Å². The number of sulfonamides is 1. The lowest BCUT2D eigenvalue weighted by Gasteiger charge is -2.49. The van der Waals surface area contributed by atoms with Crippen LogP contribution in [0.25, 0.3) is 5.65 Å². The molecular weight excluding hydrogens is 802 g/mol. The molecule has 0 radical (unpaired) electrons. The van der Waals surface area contributed by atoms with Crippen molar-refractivity contribution in [2.45, 2.75) is 96.7 Å². The number of hydrogen-bond acceptors (Lipinski definition) is 10. The summed E-state index contributed by atoms with van der Waals surface area (Å²) in [5.74, 6) is -2.64. The molecule has 1 amide bonds. The van der Waals surface area contributed by atoms with Crippen LogP contribution in [0.1, 0.15) is 85.3 Å². The highest BCUT2D eigenvalue weighted by molar-refractivity contribution is 7.89. The molecule has 2 aromatic carbocycles. The second kappa shape index (κ2) is 15.2. The monoisotopic (exact) mass is 848 g/mol. The van der Waals surface area contributed by atoms with E-state index < -0.39 is 56.6 Å². The van der Waals surface area contributed by atoms with Gasteiger partial charge in [-0.25, -0.2) is 18.2 Å². The second-order valence-corrected chi connectivity index (χ2v) is 19.1. The Hall–Kier alpha value is -5.55. The third-order valence-corrected chi connectivity index (χ3v) is 12.7. The molecule has 3 aromatic heterocycles. The molecule has 5 aromatic rings. The molecule has 2 aliphatic rings. The Morgan fingerprint density at radius 2 is 1.63 bits per heavy atom. The Morgan fingerprint density at radius 1 is 0.933 bits per heavy atom. The number of esters is 1. The van der Waals surface area contributed by atoms with Crippen LogP contribution in [-0.4, -0.2) is 80.1 Å². The van der Waals surface area contributed by atoms with Crippen LogP contribution in [0.3, 0.4) is 0 Å². The summed E-state index contributed by atoms with van der Waals surface area (Å²) in [7, 11) is -4.25. The number of ether oxygens (including phenoxy) is 3. The lowest BCUT2D eigenvalue weighted by atomic mass is 9.70. The molecule has 0 aliphatic carbocycles. The summed E-state index contributed by atoms with van der Waals surface area (Å²) in [5.41, 5.74) is 0.900. The van der Waals surface area contributed by atoms with Crippen molar-refractivity contribution in [1.82, 2.24) is 28.8 Å². The normalized spacial score (nSPS) is 17.0. The summed E-state index contributed by atoms with van der Waals surface area (Å²) < 4.78 is 90.9. The summed E-state index contributed by atoms with van der Waals surface area (Å²) in [6.07, 6.45) is -2.56. The third-order valence-electron chi connectivity index (χ3n) is 10.9. The number of benzene rings is 2. The van der Waals surface area contributed by atoms with Crippen LogP contribution in [0.5, 0.6) is 5.88 Å². The van der Waals surface area contributed by atoms with Gasteiger partial charge in [-0.2, -0.15) is 17.5 Å². The van der Waals surface area contributed by atoms with Crippen LogP contribution in [0.15, 0.2) is 78.0 Å². The average molecular weight is 849 g/mol. The summed E-state index contributed by atoms with van der Waals surface area (Å²) in [6.45, 7) is 13.7. The zero-order valence-corrected chi connectivity index (χ0v) is 35.4. The van der Waals surface area contributed by atoms with Crippen molar-refractivity contribution < 1.29 is 45.4 Å². The average Bonchev–Trinajstić information content (AvgIpc) is 3.57. The van der Waals surface area contributed by atoms with E-state index in [0.717, 1.165) is 15.5 Å². The highest BCUT2D eigenvalue weighted by atomic mass is 32.2. The Balaban J connectivity index is 1.30. The lowest BCUT2D eigenvalue weighted by Crippen LogP contribution is -2.70. The maximum absolute atomic E-state index is 14.6. The van der Waals surface area contributed by atoms with Gasteiger partial charge in [0.05, 0.1) is 25.0 Å². The Kier molecular flexibility index (Phi) is 10.8. The predicted octanol–water partition coefficient (Wildman–Crippen LogP) is 7.54. The van der Waals surface area contributed by atoms with Gasteiger partial charge < -0.3 is 14.2 Å². The largest absolute Gasteiger partial charge is 0.465 e. The number of alkyl halides is 3. The number of pyridine rings is 2. The minimum absolute atomic E-state index is 0.0100. The number of aryl methyl sites for hydroxylation is 3. The summed E-state index contributed by atoms with van der Waals surface area (Å²) in [6, 6.07) is 17.6. The van der Waals surface area contributed by atoms with Crippen LogP contribution >= 0.6 is 0 Å². The zero-order chi connectivity index (χ0) is 43.6. The van der Waals surface area contributed by atoms with Gasteiger partial charge >= 0.3 is 18.2 Å². The van der Waals surface area contributed by atoms with Crippen molar-refractivity contribution in [2.75, 3.05) is 19.6 Å². The van der Waals surface area contributed by atoms with Gasteiger partial charge in [0.2, 0.25) is 21.7 Å². The number of amides is 1. The molecule has 318 valence electrons. The van der Waals surface area contributed by atoms with Crippen LogP contribution in [0.2, 0.25) is 0 Å². The first-order valence-corrected chi connectivity index (χ1v) is 20.8. The fourth-order valence-corrected chi connectivity index (χ4v) is 9.47. The first kappa shape index (κ1) is 42.6. The fourth-order valence-electron chi connectivity index (χ4n) is 7.83. The molecule has 0 saturated carbocycles. The SMILES string of the molecule is Cc1cnc2c(c1)S(=O)(=O)N(Cc1cc(C(c3ccn4c(C(F)(F)F)nnc4c3C)C(C)(C)C(=O)OCc3ccccc3)ccc1C)CC1(CN(C(=O)OC(C)(C)C)C1)O2. The van der Waals surface area contributed by atoms with Crippen molar-refractivity contribution in [1.29, 1.82) is 0 Å². The van der Waals surface area contributed by atoms with Gasteiger partial charge in [0.25, 0.3) is 0 Å².